The molecule has 29 heavy (non-hydrogen) atoms. The number of furan rings is 1. The molecule has 7 heteroatoms. The summed E-state index contributed by atoms with van der Waals surface area (Å²) in [5, 5.41) is 3.91. The van der Waals surface area contributed by atoms with Crippen LogP contribution in [0.4, 0.5) is 5.69 Å². The van der Waals surface area contributed by atoms with Crippen molar-refractivity contribution < 1.29 is 18.7 Å². The summed E-state index contributed by atoms with van der Waals surface area (Å²) in [7, 11) is 0. The summed E-state index contributed by atoms with van der Waals surface area (Å²) in [6.45, 7) is -0.111. The van der Waals surface area contributed by atoms with Crippen molar-refractivity contribution in [2.75, 3.05) is 17.7 Å². The van der Waals surface area contributed by atoms with Gasteiger partial charge in [-0.15, -0.1) is 11.8 Å². The van der Waals surface area contributed by atoms with E-state index in [0.717, 1.165) is 40.9 Å². The Labute approximate surface area is 172 Å². The molecular weight excluding hydrogens is 388 g/mol. The van der Waals surface area contributed by atoms with Crippen molar-refractivity contribution in [3.05, 3.63) is 53.8 Å². The van der Waals surface area contributed by atoms with E-state index in [1.807, 2.05) is 36.4 Å². The number of hydrogen-bond donors (Lipinski definition) is 2. The molecule has 0 bridgehead atoms. The fourth-order valence-corrected chi connectivity index (χ4v) is 4.26. The molecule has 1 aromatic heterocycles. The van der Waals surface area contributed by atoms with Crippen LogP contribution in [0.2, 0.25) is 0 Å². The summed E-state index contributed by atoms with van der Waals surface area (Å²) in [4.78, 5) is 24.2. The number of rotatable bonds is 7. The molecule has 150 valence electrons. The number of thioether (sulfide) groups is 1. The number of fused-ring (bicyclic) bond motifs is 3. The zero-order valence-corrected chi connectivity index (χ0v) is 16.7. The van der Waals surface area contributed by atoms with Crippen LogP contribution in [0.5, 0.6) is 5.75 Å². The highest BCUT2D eigenvalue weighted by molar-refractivity contribution is 8.00. The minimum absolute atomic E-state index is 0.111. The molecule has 2 amide bonds. The van der Waals surface area contributed by atoms with Crippen molar-refractivity contribution >= 4 is 40.2 Å². The highest BCUT2D eigenvalue weighted by Gasteiger charge is 2.18. The molecule has 2 aromatic carbocycles. The van der Waals surface area contributed by atoms with Gasteiger partial charge < -0.3 is 20.2 Å². The first-order valence-corrected chi connectivity index (χ1v) is 10.6. The number of nitrogens with two attached hydrogens (primary N) is 1. The molecule has 1 aliphatic rings. The second-order valence-corrected chi connectivity index (χ2v) is 7.97. The third kappa shape index (κ3) is 4.56. The number of hydrogen-bond acceptors (Lipinski definition) is 5. The van der Waals surface area contributed by atoms with Crippen LogP contribution in [0, 0.1) is 0 Å². The summed E-state index contributed by atoms with van der Waals surface area (Å²) >= 11 is 1.29. The Morgan fingerprint density at radius 1 is 1.14 bits per heavy atom. The van der Waals surface area contributed by atoms with Crippen molar-refractivity contribution in [1.82, 2.24) is 0 Å². The number of amides is 2. The van der Waals surface area contributed by atoms with Gasteiger partial charge in [0.15, 0.2) is 6.61 Å². The fourth-order valence-electron chi connectivity index (χ4n) is 3.51. The van der Waals surface area contributed by atoms with E-state index in [1.165, 1.54) is 23.7 Å². The van der Waals surface area contributed by atoms with Gasteiger partial charge in [-0.3, -0.25) is 9.59 Å². The van der Waals surface area contributed by atoms with Crippen LogP contribution >= 0.6 is 11.8 Å². The van der Waals surface area contributed by atoms with Gasteiger partial charge in [-0.05, 0) is 49.6 Å². The van der Waals surface area contributed by atoms with E-state index in [9.17, 15) is 9.59 Å². The lowest BCUT2D eigenvalue weighted by Gasteiger charge is -2.11. The first kappa shape index (κ1) is 19.4. The van der Waals surface area contributed by atoms with E-state index < -0.39 is 5.91 Å². The van der Waals surface area contributed by atoms with Gasteiger partial charge in [0, 0.05) is 22.3 Å². The highest BCUT2D eigenvalue weighted by atomic mass is 32.2. The molecule has 1 aliphatic carbocycles. The van der Waals surface area contributed by atoms with Gasteiger partial charge in [0.05, 0.1) is 11.4 Å². The maximum absolute atomic E-state index is 12.4. The lowest BCUT2D eigenvalue weighted by atomic mass is 9.96. The average Bonchev–Trinajstić information content (AvgIpc) is 3.09. The summed E-state index contributed by atoms with van der Waals surface area (Å²) in [5.41, 5.74) is 7.97. The average molecular weight is 410 g/mol. The van der Waals surface area contributed by atoms with Crippen molar-refractivity contribution in [2.45, 2.75) is 30.6 Å². The smallest absolute Gasteiger partial charge is 0.262 e. The van der Waals surface area contributed by atoms with Gasteiger partial charge in [-0.2, -0.15) is 0 Å². The third-order valence-electron chi connectivity index (χ3n) is 4.83. The molecule has 4 rings (SSSR count). The monoisotopic (exact) mass is 410 g/mol. The molecule has 1 heterocycles. The van der Waals surface area contributed by atoms with Gasteiger partial charge >= 0.3 is 0 Å². The van der Waals surface area contributed by atoms with Gasteiger partial charge in [0.2, 0.25) is 5.91 Å². The van der Waals surface area contributed by atoms with Crippen LogP contribution in [0.15, 0.2) is 51.8 Å². The molecule has 0 fully saturated rings. The number of carbonyl (C=O) groups is 2. The van der Waals surface area contributed by atoms with Crippen molar-refractivity contribution in [3.8, 4) is 5.75 Å². The SMILES string of the molecule is NC(=O)CSc1ccccc1NC(=O)COc1ccc2oc3c(c2c1)CCCC3. The predicted molar refractivity (Wildman–Crippen MR) is 113 cm³/mol. The summed E-state index contributed by atoms with van der Waals surface area (Å²) in [6, 6.07) is 13.0. The molecule has 6 nitrogen and oxygen atoms in total. The van der Waals surface area contributed by atoms with E-state index in [4.69, 9.17) is 14.9 Å². The quantitative estimate of drug-likeness (QED) is 0.576. The highest BCUT2D eigenvalue weighted by Crippen LogP contribution is 2.34. The number of anilines is 1. The molecule has 0 unspecified atom stereocenters. The molecule has 3 aromatic rings. The second-order valence-electron chi connectivity index (χ2n) is 6.96. The molecule has 0 atom stereocenters. The lowest BCUT2D eigenvalue weighted by Crippen LogP contribution is -2.20. The van der Waals surface area contributed by atoms with E-state index in [-0.39, 0.29) is 18.3 Å². The molecule has 0 saturated carbocycles. The van der Waals surface area contributed by atoms with Gasteiger partial charge in [-0.1, -0.05) is 12.1 Å². The molecule has 0 aliphatic heterocycles. The summed E-state index contributed by atoms with van der Waals surface area (Å²) < 4.78 is 11.6. The largest absolute Gasteiger partial charge is 0.484 e. The number of nitrogens with one attached hydrogen (secondary N) is 1. The van der Waals surface area contributed by atoms with Crippen LogP contribution in [0.1, 0.15) is 24.2 Å². The van der Waals surface area contributed by atoms with Crippen LogP contribution in [-0.2, 0) is 22.4 Å². The van der Waals surface area contributed by atoms with E-state index in [0.29, 0.717) is 11.4 Å². The minimum Gasteiger partial charge on any atom is -0.484 e. The van der Waals surface area contributed by atoms with Crippen molar-refractivity contribution in [1.29, 1.82) is 0 Å². The zero-order chi connectivity index (χ0) is 20.2. The zero-order valence-electron chi connectivity index (χ0n) is 15.9. The number of para-hydroxylation sites is 1. The summed E-state index contributed by atoms with van der Waals surface area (Å²) in [5.74, 6) is 1.19. The molecule has 0 saturated heterocycles. The standard InChI is InChI=1S/C22H22N2O4S/c23-21(25)13-29-20-8-4-2-6-17(20)24-22(26)12-27-14-9-10-19-16(11-14)15-5-1-3-7-18(15)28-19/h2,4,6,8-11H,1,3,5,7,12-13H2,(H2,23,25)(H,24,26). The fraction of sp³-hybridized carbons (Fsp3) is 0.273. The normalized spacial score (nSPS) is 13.1. The maximum Gasteiger partial charge on any atom is 0.262 e. The van der Waals surface area contributed by atoms with Gasteiger partial charge in [0.1, 0.15) is 17.1 Å². The Morgan fingerprint density at radius 3 is 2.83 bits per heavy atom. The topological polar surface area (TPSA) is 94.6 Å². The first-order valence-electron chi connectivity index (χ1n) is 9.57. The number of aryl methyl sites for hydroxylation is 2. The Bertz CT molecular complexity index is 1060. The third-order valence-corrected chi connectivity index (χ3v) is 5.92. The van der Waals surface area contributed by atoms with Crippen LogP contribution in [0.25, 0.3) is 11.0 Å². The van der Waals surface area contributed by atoms with E-state index in [1.54, 1.807) is 6.07 Å². The number of ether oxygens (including phenoxy) is 1. The number of primary amides is 1. The molecule has 0 radical (unpaired) electrons. The predicted octanol–water partition coefficient (Wildman–Crippen LogP) is 3.91. The summed E-state index contributed by atoms with van der Waals surface area (Å²) in [6.07, 6.45) is 4.33. The maximum atomic E-state index is 12.4. The van der Waals surface area contributed by atoms with Gasteiger partial charge in [0.25, 0.3) is 5.91 Å². The van der Waals surface area contributed by atoms with E-state index in [2.05, 4.69) is 5.32 Å². The Hall–Kier alpha value is -2.93. The lowest BCUT2D eigenvalue weighted by molar-refractivity contribution is -0.118. The van der Waals surface area contributed by atoms with Crippen molar-refractivity contribution in [2.24, 2.45) is 5.73 Å². The number of benzene rings is 2. The van der Waals surface area contributed by atoms with Crippen LogP contribution < -0.4 is 15.8 Å². The van der Waals surface area contributed by atoms with E-state index >= 15 is 0 Å². The Balaban J connectivity index is 1.41. The minimum atomic E-state index is -0.406. The van der Waals surface area contributed by atoms with Crippen LogP contribution in [-0.4, -0.2) is 24.2 Å². The second kappa shape index (κ2) is 8.61. The van der Waals surface area contributed by atoms with Gasteiger partial charge in [-0.25, -0.2) is 0 Å². The Kier molecular flexibility index (Phi) is 5.76. The van der Waals surface area contributed by atoms with Crippen LogP contribution in [0.3, 0.4) is 0 Å². The Morgan fingerprint density at radius 2 is 1.97 bits per heavy atom. The number of carbonyl (C=O) groups excluding carboxylic acids is 2. The first-order chi connectivity index (χ1) is 14.1. The molecule has 0 spiro atoms. The van der Waals surface area contributed by atoms with Crippen molar-refractivity contribution in [3.63, 3.8) is 0 Å². The molecule has 3 N–H and O–H groups in total. The molecular formula is C22H22N2O4S.